The molecule has 5 nitrogen and oxygen atoms in total. The SMILES string of the molecule is Cc1nc(N(C)C)ncc1C(=O)N1CCC(c2ccccc2)CC1. The number of carbonyl (C=O) groups excluding carboxylic acids is 1. The highest BCUT2D eigenvalue weighted by atomic mass is 16.2. The third-order valence-electron chi connectivity index (χ3n) is 4.65. The molecule has 2 heterocycles. The van der Waals surface area contributed by atoms with Crippen LogP contribution in [0.1, 0.15) is 40.4 Å². The lowest BCUT2D eigenvalue weighted by molar-refractivity contribution is 0.0711. The van der Waals surface area contributed by atoms with Crippen molar-refractivity contribution >= 4 is 11.9 Å². The van der Waals surface area contributed by atoms with E-state index >= 15 is 0 Å². The van der Waals surface area contributed by atoms with Gasteiger partial charge in [0.05, 0.1) is 11.3 Å². The van der Waals surface area contributed by atoms with Crippen molar-refractivity contribution < 1.29 is 4.79 Å². The van der Waals surface area contributed by atoms with Crippen LogP contribution in [0.3, 0.4) is 0 Å². The number of hydrogen-bond donors (Lipinski definition) is 0. The molecule has 24 heavy (non-hydrogen) atoms. The fourth-order valence-electron chi connectivity index (χ4n) is 3.19. The van der Waals surface area contributed by atoms with Gasteiger partial charge in [-0.3, -0.25) is 4.79 Å². The van der Waals surface area contributed by atoms with Crippen molar-refractivity contribution in [1.29, 1.82) is 0 Å². The Morgan fingerprint density at radius 2 is 1.83 bits per heavy atom. The van der Waals surface area contributed by atoms with E-state index in [1.54, 1.807) is 6.20 Å². The van der Waals surface area contributed by atoms with Gasteiger partial charge in [0, 0.05) is 33.4 Å². The van der Waals surface area contributed by atoms with Gasteiger partial charge in [-0.1, -0.05) is 30.3 Å². The molecular weight excluding hydrogens is 300 g/mol. The average molecular weight is 324 g/mol. The highest BCUT2D eigenvalue weighted by molar-refractivity contribution is 5.95. The number of benzene rings is 1. The summed E-state index contributed by atoms with van der Waals surface area (Å²) in [7, 11) is 3.79. The highest BCUT2D eigenvalue weighted by Crippen LogP contribution is 2.28. The largest absolute Gasteiger partial charge is 0.347 e. The third-order valence-corrected chi connectivity index (χ3v) is 4.65. The van der Waals surface area contributed by atoms with Crippen molar-refractivity contribution in [2.24, 2.45) is 0 Å². The fourth-order valence-corrected chi connectivity index (χ4v) is 3.19. The maximum Gasteiger partial charge on any atom is 0.257 e. The second-order valence-electron chi connectivity index (χ2n) is 6.54. The summed E-state index contributed by atoms with van der Waals surface area (Å²) in [5.74, 6) is 1.22. The number of nitrogens with zero attached hydrogens (tertiary/aromatic N) is 4. The number of likely N-dealkylation sites (tertiary alicyclic amines) is 1. The predicted molar refractivity (Wildman–Crippen MR) is 95.4 cm³/mol. The Morgan fingerprint density at radius 3 is 2.42 bits per heavy atom. The van der Waals surface area contributed by atoms with Crippen molar-refractivity contribution in [3.05, 3.63) is 53.3 Å². The van der Waals surface area contributed by atoms with Crippen LogP contribution in [-0.4, -0.2) is 48.0 Å². The molecule has 126 valence electrons. The van der Waals surface area contributed by atoms with E-state index in [1.165, 1.54) is 5.56 Å². The summed E-state index contributed by atoms with van der Waals surface area (Å²) in [5, 5.41) is 0. The number of aromatic nitrogens is 2. The van der Waals surface area contributed by atoms with E-state index in [-0.39, 0.29) is 5.91 Å². The van der Waals surface area contributed by atoms with E-state index in [0.717, 1.165) is 31.6 Å². The summed E-state index contributed by atoms with van der Waals surface area (Å²) < 4.78 is 0. The molecule has 0 aliphatic carbocycles. The van der Waals surface area contributed by atoms with Crippen LogP contribution in [0.5, 0.6) is 0 Å². The van der Waals surface area contributed by atoms with E-state index < -0.39 is 0 Å². The second kappa shape index (κ2) is 6.99. The number of amides is 1. The van der Waals surface area contributed by atoms with Crippen LogP contribution in [0.15, 0.2) is 36.5 Å². The molecule has 0 radical (unpaired) electrons. The minimum atomic E-state index is 0.0457. The molecule has 1 amide bonds. The molecule has 1 saturated heterocycles. The Bertz CT molecular complexity index is 707. The van der Waals surface area contributed by atoms with Crippen molar-refractivity contribution in [2.45, 2.75) is 25.7 Å². The van der Waals surface area contributed by atoms with Gasteiger partial charge >= 0.3 is 0 Å². The van der Waals surface area contributed by atoms with Gasteiger partial charge in [-0.25, -0.2) is 9.97 Å². The monoisotopic (exact) mass is 324 g/mol. The molecule has 0 saturated carbocycles. The maximum atomic E-state index is 12.8. The second-order valence-corrected chi connectivity index (χ2v) is 6.54. The van der Waals surface area contributed by atoms with Crippen LogP contribution in [0.2, 0.25) is 0 Å². The number of aryl methyl sites for hydroxylation is 1. The summed E-state index contributed by atoms with van der Waals surface area (Å²) in [4.78, 5) is 25.3. The Labute approximate surface area is 143 Å². The van der Waals surface area contributed by atoms with Crippen molar-refractivity contribution in [3.8, 4) is 0 Å². The molecule has 0 unspecified atom stereocenters. The van der Waals surface area contributed by atoms with Gasteiger partial charge in [0.1, 0.15) is 0 Å². The molecule has 2 aromatic rings. The maximum absolute atomic E-state index is 12.8. The zero-order valence-corrected chi connectivity index (χ0v) is 14.6. The van der Waals surface area contributed by atoms with Gasteiger partial charge in [0.25, 0.3) is 5.91 Å². The molecule has 0 N–H and O–H groups in total. The zero-order valence-electron chi connectivity index (χ0n) is 14.6. The third kappa shape index (κ3) is 3.40. The first-order valence-electron chi connectivity index (χ1n) is 8.41. The first-order chi connectivity index (χ1) is 11.6. The standard InChI is InChI=1S/C19H24N4O/c1-14-17(13-20-19(21-14)22(2)3)18(24)23-11-9-16(10-12-23)15-7-5-4-6-8-15/h4-8,13,16H,9-12H2,1-3H3. The average Bonchev–Trinajstić information content (AvgIpc) is 2.62. The normalized spacial score (nSPS) is 15.4. The Balaban J connectivity index is 1.67. The van der Waals surface area contributed by atoms with E-state index in [0.29, 0.717) is 17.4 Å². The molecule has 5 heteroatoms. The van der Waals surface area contributed by atoms with E-state index in [4.69, 9.17) is 0 Å². The van der Waals surface area contributed by atoms with Crippen LogP contribution in [0.4, 0.5) is 5.95 Å². The molecule has 0 atom stereocenters. The quantitative estimate of drug-likeness (QED) is 0.871. The summed E-state index contributed by atoms with van der Waals surface area (Å²) in [6, 6.07) is 10.6. The van der Waals surface area contributed by atoms with Gasteiger partial charge in [0.15, 0.2) is 0 Å². The van der Waals surface area contributed by atoms with Gasteiger partial charge in [-0.15, -0.1) is 0 Å². The highest BCUT2D eigenvalue weighted by Gasteiger charge is 2.26. The van der Waals surface area contributed by atoms with Gasteiger partial charge in [0.2, 0.25) is 5.95 Å². The minimum Gasteiger partial charge on any atom is -0.347 e. The molecule has 1 aliphatic heterocycles. The Kier molecular flexibility index (Phi) is 4.79. The molecule has 1 aromatic carbocycles. The molecule has 1 aromatic heterocycles. The number of carbonyl (C=O) groups is 1. The number of piperidine rings is 1. The fraction of sp³-hybridized carbons (Fsp3) is 0.421. The van der Waals surface area contributed by atoms with Crippen LogP contribution >= 0.6 is 0 Å². The molecule has 3 rings (SSSR count). The molecule has 0 bridgehead atoms. The van der Waals surface area contributed by atoms with Gasteiger partial charge in [-0.05, 0) is 31.2 Å². The van der Waals surface area contributed by atoms with Crippen molar-refractivity contribution in [3.63, 3.8) is 0 Å². The topological polar surface area (TPSA) is 49.3 Å². The lowest BCUT2D eigenvalue weighted by atomic mass is 9.89. The summed E-state index contributed by atoms with van der Waals surface area (Å²) >= 11 is 0. The number of anilines is 1. The summed E-state index contributed by atoms with van der Waals surface area (Å²) in [5.41, 5.74) is 2.72. The van der Waals surface area contributed by atoms with Crippen molar-refractivity contribution in [2.75, 3.05) is 32.1 Å². The lowest BCUT2D eigenvalue weighted by Crippen LogP contribution is -2.38. The van der Waals surface area contributed by atoms with Crippen molar-refractivity contribution in [1.82, 2.24) is 14.9 Å². The zero-order chi connectivity index (χ0) is 17.1. The van der Waals surface area contributed by atoms with Crippen LogP contribution in [0.25, 0.3) is 0 Å². The van der Waals surface area contributed by atoms with Crippen LogP contribution in [-0.2, 0) is 0 Å². The Morgan fingerprint density at radius 1 is 1.17 bits per heavy atom. The number of hydrogen-bond acceptors (Lipinski definition) is 4. The smallest absolute Gasteiger partial charge is 0.257 e. The number of rotatable bonds is 3. The van der Waals surface area contributed by atoms with E-state index in [2.05, 4.69) is 34.2 Å². The lowest BCUT2D eigenvalue weighted by Gasteiger charge is -2.32. The molecule has 0 spiro atoms. The van der Waals surface area contributed by atoms with E-state index in [9.17, 15) is 4.79 Å². The van der Waals surface area contributed by atoms with Crippen LogP contribution in [0, 0.1) is 6.92 Å². The Hall–Kier alpha value is -2.43. The summed E-state index contributed by atoms with van der Waals surface area (Å²) in [6.07, 6.45) is 3.67. The van der Waals surface area contributed by atoms with Crippen LogP contribution < -0.4 is 4.90 Å². The molecular formula is C19H24N4O. The minimum absolute atomic E-state index is 0.0457. The first kappa shape index (κ1) is 16.4. The van der Waals surface area contributed by atoms with Gasteiger partial charge < -0.3 is 9.80 Å². The first-order valence-corrected chi connectivity index (χ1v) is 8.41. The molecule has 1 aliphatic rings. The van der Waals surface area contributed by atoms with E-state index in [1.807, 2.05) is 36.9 Å². The predicted octanol–water partition coefficient (Wildman–Crippen LogP) is 2.87. The summed E-state index contributed by atoms with van der Waals surface area (Å²) in [6.45, 7) is 3.44. The van der Waals surface area contributed by atoms with Gasteiger partial charge in [-0.2, -0.15) is 0 Å². The molecule has 1 fully saturated rings.